The lowest BCUT2D eigenvalue weighted by Crippen LogP contribution is -2.41. The Kier molecular flexibility index (Phi) is 8.81. The summed E-state index contributed by atoms with van der Waals surface area (Å²) in [6.45, 7) is 5.87. The molecule has 1 fully saturated rings. The van der Waals surface area contributed by atoms with Crippen molar-refractivity contribution in [3.63, 3.8) is 0 Å². The van der Waals surface area contributed by atoms with Gasteiger partial charge in [-0.2, -0.15) is 0 Å². The number of carbonyl (C=O) groups is 1. The topological polar surface area (TPSA) is 88.2 Å². The molecule has 196 valence electrons. The summed E-state index contributed by atoms with van der Waals surface area (Å²) in [7, 11) is -2.55. The number of nitrogens with zero attached hydrogens (tertiary/aromatic N) is 2. The highest BCUT2D eigenvalue weighted by molar-refractivity contribution is 7.92. The van der Waals surface area contributed by atoms with E-state index in [1.807, 2.05) is 25.1 Å². The number of methoxy groups -OCH3 is 1. The summed E-state index contributed by atoms with van der Waals surface area (Å²) in [5.74, 6) is -0.0460. The van der Waals surface area contributed by atoms with Crippen LogP contribution in [0.15, 0.2) is 77.7 Å². The van der Waals surface area contributed by atoms with Crippen LogP contribution in [-0.2, 0) is 32.6 Å². The monoisotopic (exact) mass is 523 g/mol. The van der Waals surface area contributed by atoms with Crippen LogP contribution in [0.4, 0.5) is 5.69 Å². The first-order chi connectivity index (χ1) is 17.9. The molecule has 1 N–H and O–H groups in total. The number of ether oxygens (including phenoxy) is 2. The van der Waals surface area contributed by atoms with Crippen molar-refractivity contribution in [1.29, 1.82) is 0 Å². The van der Waals surface area contributed by atoms with Crippen LogP contribution in [-0.4, -0.2) is 59.2 Å². The third-order valence-electron chi connectivity index (χ3n) is 6.21. The quantitative estimate of drug-likeness (QED) is 0.439. The van der Waals surface area contributed by atoms with Gasteiger partial charge in [0.15, 0.2) is 0 Å². The van der Waals surface area contributed by atoms with E-state index in [4.69, 9.17) is 9.47 Å². The standard InChI is InChI=1S/C28H33N3O5S/c1-22-11-12-27(35-2)26(17-22)31(37(33,34)25-9-4-3-5-10-25)21-28(32)29-19-23-7-6-8-24(18-23)20-30-13-15-36-16-14-30/h3-12,17-18H,13-16,19-21H2,1-2H3,(H,29,32). The van der Waals surface area contributed by atoms with E-state index in [1.54, 1.807) is 30.3 Å². The molecule has 9 heteroatoms. The minimum atomic E-state index is -4.03. The number of aryl methyl sites for hydroxylation is 1. The average molecular weight is 524 g/mol. The van der Waals surface area contributed by atoms with Crippen LogP contribution in [0.2, 0.25) is 0 Å². The van der Waals surface area contributed by atoms with Crippen molar-refractivity contribution in [1.82, 2.24) is 10.2 Å². The molecule has 0 atom stereocenters. The fourth-order valence-corrected chi connectivity index (χ4v) is 5.70. The normalized spacial score (nSPS) is 14.2. The van der Waals surface area contributed by atoms with Crippen LogP contribution >= 0.6 is 0 Å². The molecule has 0 bridgehead atoms. The smallest absolute Gasteiger partial charge is 0.264 e. The lowest BCUT2D eigenvalue weighted by atomic mass is 10.1. The number of hydrogen-bond acceptors (Lipinski definition) is 6. The van der Waals surface area contributed by atoms with Crippen LogP contribution in [0.5, 0.6) is 5.75 Å². The number of morpholine rings is 1. The Labute approximate surface area is 218 Å². The molecular weight excluding hydrogens is 490 g/mol. The molecule has 1 aliphatic heterocycles. The summed E-state index contributed by atoms with van der Waals surface area (Å²) in [5.41, 5.74) is 3.27. The number of amides is 1. The zero-order valence-corrected chi connectivity index (χ0v) is 22.0. The number of carbonyl (C=O) groups excluding carboxylic acids is 1. The number of anilines is 1. The van der Waals surface area contributed by atoms with Crippen molar-refractivity contribution in [3.05, 3.63) is 89.5 Å². The van der Waals surface area contributed by atoms with Crippen LogP contribution in [0.3, 0.4) is 0 Å². The van der Waals surface area contributed by atoms with Gasteiger partial charge in [0.25, 0.3) is 10.0 Å². The zero-order chi connectivity index (χ0) is 26.3. The first-order valence-electron chi connectivity index (χ1n) is 12.2. The van der Waals surface area contributed by atoms with Gasteiger partial charge in [0.1, 0.15) is 12.3 Å². The summed E-state index contributed by atoms with van der Waals surface area (Å²) in [5, 5.41) is 2.89. The molecule has 0 saturated carbocycles. The summed E-state index contributed by atoms with van der Waals surface area (Å²) >= 11 is 0. The van der Waals surface area contributed by atoms with Gasteiger partial charge in [0.05, 0.1) is 30.9 Å². The molecule has 1 aliphatic rings. The fourth-order valence-electron chi connectivity index (χ4n) is 4.26. The zero-order valence-electron chi connectivity index (χ0n) is 21.2. The Morgan fingerprint density at radius 1 is 1.00 bits per heavy atom. The van der Waals surface area contributed by atoms with Crippen LogP contribution in [0.1, 0.15) is 16.7 Å². The minimum Gasteiger partial charge on any atom is -0.495 e. The molecule has 0 spiro atoms. The van der Waals surface area contributed by atoms with Gasteiger partial charge < -0.3 is 14.8 Å². The van der Waals surface area contributed by atoms with Crippen LogP contribution in [0.25, 0.3) is 0 Å². The minimum absolute atomic E-state index is 0.0992. The van der Waals surface area contributed by atoms with E-state index in [0.29, 0.717) is 18.0 Å². The van der Waals surface area contributed by atoms with E-state index in [-0.39, 0.29) is 11.4 Å². The molecule has 1 saturated heterocycles. The fraction of sp³-hybridized carbons (Fsp3) is 0.321. The Bertz CT molecular complexity index is 1310. The Balaban J connectivity index is 1.51. The molecule has 37 heavy (non-hydrogen) atoms. The third-order valence-corrected chi connectivity index (χ3v) is 7.99. The number of hydrogen-bond donors (Lipinski definition) is 1. The number of benzene rings is 3. The summed E-state index contributed by atoms with van der Waals surface area (Å²) < 4.78 is 39.2. The second-order valence-corrected chi connectivity index (χ2v) is 10.8. The maximum atomic E-state index is 13.6. The van der Waals surface area contributed by atoms with Gasteiger partial charge in [-0.3, -0.25) is 14.0 Å². The van der Waals surface area contributed by atoms with Gasteiger partial charge in [-0.1, -0.05) is 48.5 Å². The van der Waals surface area contributed by atoms with E-state index in [2.05, 4.69) is 22.3 Å². The molecule has 0 unspecified atom stereocenters. The Morgan fingerprint density at radius 2 is 1.73 bits per heavy atom. The molecule has 3 aromatic carbocycles. The van der Waals surface area contributed by atoms with Crippen LogP contribution < -0.4 is 14.4 Å². The lowest BCUT2D eigenvalue weighted by Gasteiger charge is -2.27. The highest BCUT2D eigenvalue weighted by Gasteiger charge is 2.29. The van der Waals surface area contributed by atoms with Crippen molar-refractivity contribution < 1.29 is 22.7 Å². The molecule has 0 radical (unpaired) electrons. The van der Waals surface area contributed by atoms with E-state index >= 15 is 0 Å². The number of rotatable bonds is 10. The highest BCUT2D eigenvalue weighted by atomic mass is 32.2. The first-order valence-corrected chi connectivity index (χ1v) is 13.7. The predicted molar refractivity (Wildman–Crippen MR) is 143 cm³/mol. The maximum absolute atomic E-state index is 13.6. The molecule has 8 nitrogen and oxygen atoms in total. The van der Waals surface area contributed by atoms with Crippen molar-refractivity contribution in [2.45, 2.75) is 24.9 Å². The Morgan fingerprint density at radius 3 is 2.46 bits per heavy atom. The first kappa shape index (κ1) is 26.7. The predicted octanol–water partition coefficient (Wildman–Crippen LogP) is 3.35. The molecular formula is C28H33N3O5S. The molecule has 0 aliphatic carbocycles. The molecule has 3 aromatic rings. The Hall–Kier alpha value is -3.40. The van der Waals surface area contributed by atoms with E-state index in [1.165, 1.54) is 19.2 Å². The van der Waals surface area contributed by atoms with Gasteiger partial charge in [0, 0.05) is 26.2 Å². The van der Waals surface area contributed by atoms with Gasteiger partial charge in [-0.05, 0) is 47.9 Å². The number of nitrogens with one attached hydrogen (secondary N) is 1. The third kappa shape index (κ3) is 6.88. The van der Waals surface area contributed by atoms with Crippen molar-refractivity contribution in [2.75, 3.05) is 44.3 Å². The second kappa shape index (κ2) is 12.2. The lowest BCUT2D eigenvalue weighted by molar-refractivity contribution is -0.119. The summed E-state index contributed by atoms with van der Waals surface area (Å²) in [6.07, 6.45) is 0. The highest BCUT2D eigenvalue weighted by Crippen LogP contribution is 2.33. The summed E-state index contributed by atoms with van der Waals surface area (Å²) in [4.78, 5) is 15.5. The summed E-state index contributed by atoms with van der Waals surface area (Å²) in [6, 6.07) is 21.4. The van der Waals surface area contributed by atoms with Gasteiger partial charge >= 0.3 is 0 Å². The SMILES string of the molecule is COc1ccc(C)cc1N(CC(=O)NCc1cccc(CN2CCOCC2)c1)S(=O)(=O)c1ccccc1. The molecule has 0 aromatic heterocycles. The second-order valence-electron chi connectivity index (χ2n) is 8.99. The maximum Gasteiger partial charge on any atom is 0.264 e. The van der Waals surface area contributed by atoms with Gasteiger partial charge in [0.2, 0.25) is 5.91 Å². The van der Waals surface area contributed by atoms with E-state index < -0.39 is 15.9 Å². The van der Waals surface area contributed by atoms with Gasteiger partial charge in [-0.25, -0.2) is 8.42 Å². The number of sulfonamides is 1. The van der Waals surface area contributed by atoms with Crippen molar-refractivity contribution in [3.8, 4) is 5.75 Å². The largest absolute Gasteiger partial charge is 0.495 e. The van der Waals surface area contributed by atoms with E-state index in [9.17, 15) is 13.2 Å². The average Bonchev–Trinajstić information content (AvgIpc) is 2.92. The van der Waals surface area contributed by atoms with Crippen molar-refractivity contribution >= 4 is 21.6 Å². The molecule has 1 amide bonds. The van der Waals surface area contributed by atoms with Gasteiger partial charge in [-0.15, -0.1) is 0 Å². The van der Waals surface area contributed by atoms with Crippen LogP contribution in [0, 0.1) is 6.92 Å². The van der Waals surface area contributed by atoms with Crippen molar-refractivity contribution in [2.24, 2.45) is 0 Å². The molecule has 4 rings (SSSR count). The molecule has 1 heterocycles. The van der Waals surface area contributed by atoms with E-state index in [0.717, 1.165) is 53.8 Å².